The number of carboxylic acids is 1. The first-order valence-corrected chi connectivity index (χ1v) is 8.12. The highest BCUT2D eigenvalue weighted by atomic mass is 32.2. The van der Waals surface area contributed by atoms with Gasteiger partial charge >= 0.3 is 5.97 Å². The minimum atomic E-state index is -3.59. The van der Waals surface area contributed by atoms with Gasteiger partial charge in [-0.1, -0.05) is 0 Å². The maximum Gasteiger partial charge on any atom is 0.336 e. The summed E-state index contributed by atoms with van der Waals surface area (Å²) in [7, 11) is -3.59. The molecule has 0 aliphatic rings. The predicted molar refractivity (Wildman–Crippen MR) is 80.4 cm³/mol. The molecule has 0 saturated heterocycles. The van der Waals surface area contributed by atoms with E-state index < -0.39 is 26.5 Å². The molecule has 2 N–H and O–H groups in total. The van der Waals surface area contributed by atoms with Crippen molar-refractivity contribution in [1.82, 2.24) is 0 Å². The number of anilines is 1. The molecule has 0 aliphatic carbocycles. The molecule has 1 aromatic rings. The molecule has 6 nitrogen and oxygen atoms in total. The largest absolute Gasteiger partial charge is 0.478 e. The van der Waals surface area contributed by atoms with Gasteiger partial charge in [-0.05, 0) is 51.0 Å². The number of aryl methyl sites for hydroxylation is 1. The van der Waals surface area contributed by atoms with Gasteiger partial charge in [-0.2, -0.15) is 0 Å². The van der Waals surface area contributed by atoms with Gasteiger partial charge in [0, 0.05) is 11.9 Å². The third-order valence-electron chi connectivity index (χ3n) is 3.63. The van der Waals surface area contributed by atoms with Crippen LogP contribution < -0.4 is 5.32 Å². The third-order valence-corrected chi connectivity index (χ3v) is 5.67. The Labute approximate surface area is 124 Å². The number of carbonyl (C=O) groups excluding carboxylic acids is 1. The van der Waals surface area contributed by atoms with Crippen molar-refractivity contribution in [1.29, 1.82) is 0 Å². The number of sulfone groups is 1. The molecule has 0 atom stereocenters. The molecule has 7 heteroatoms. The Morgan fingerprint density at radius 1 is 1.19 bits per heavy atom. The lowest BCUT2D eigenvalue weighted by Crippen LogP contribution is -2.43. The molecule has 1 amide bonds. The van der Waals surface area contributed by atoms with Crippen LogP contribution in [0, 0.1) is 13.8 Å². The lowest BCUT2D eigenvalue weighted by Gasteiger charge is -2.22. The van der Waals surface area contributed by atoms with Gasteiger partial charge in [0.05, 0.1) is 5.56 Å². The van der Waals surface area contributed by atoms with Crippen molar-refractivity contribution in [3.63, 3.8) is 0 Å². The molecule has 0 heterocycles. The van der Waals surface area contributed by atoms with Gasteiger partial charge in [-0.3, -0.25) is 4.79 Å². The standard InChI is InChI=1S/C14H19NO5S/c1-8-6-10(7-11(9(8)2)12(16)17)15-13(18)14(3,4)21(5,19)20/h6-7H,1-5H3,(H,15,18)(H,16,17). The van der Waals surface area contributed by atoms with Gasteiger partial charge in [0.1, 0.15) is 4.75 Å². The summed E-state index contributed by atoms with van der Waals surface area (Å²) in [5.41, 5.74) is 1.63. The van der Waals surface area contributed by atoms with Crippen LogP contribution in [-0.4, -0.2) is 36.4 Å². The van der Waals surface area contributed by atoms with Gasteiger partial charge in [-0.25, -0.2) is 13.2 Å². The van der Waals surface area contributed by atoms with E-state index >= 15 is 0 Å². The van der Waals surface area contributed by atoms with Crippen LogP contribution in [0.5, 0.6) is 0 Å². The molecular formula is C14H19NO5S. The molecule has 0 spiro atoms. The summed E-state index contributed by atoms with van der Waals surface area (Å²) in [6, 6.07) is 2.93. The van der Waals surface area contributed by atoms with Crippen molar-refractivity contribution in [3.8, 4) is 0 Å². The van der Waals surface area contributed by atoms with E-state index in [0.29, 0.717) is 11.1 Å². The maximum absolute atomic E-state index is 12.1. The first-order chi connectivity index (χ1) is 9.37. The summed E-state index contributed by atoms with van der Waals surface area (Å²) < 4.78 is 21.6. The zero-order chi connectivity index (χ0) is 16.6. The number of hydrogen-bond donors (Lipinski definition) is 2. The number of nitrogens with one attached hydrogen (secondary N) is 1. The normalized spacial score (nSPS) is 12.0. The van der Waals surface area contributed by atoms with Crippen LogP contribution >= 0.6 is 0 Å². The van der Waals surface area contributed by atoms with Crippen LogP contribution in [0.3, 0.4) is 0 Å². The van der Waals surface area contributed by atoms with Crippen LogP contribution in [0.1, 0.15) is 35.3 Å². The van der Waals surface area contributed by atoms with Gasteiger partial charge in [0.2, 0.25) is 5.91 Å². The smallest absolute Gasteiger partial charge is 0.336 e. The fourth-order valence-corrected chi connectivity index (χ4v) is 1.99. The fourth-order valence-electron chi connectivity index (χ4n) is 1.60. The van der Waals surface area contributed by atoms with Crippen molar-refractivity contribution in [2.75, 3.05) is 11.6 Å². The van der Waals surface area contributed by atoms with Crippen molar-refractivity contribution in [2.24, 2.45) is 0 Å². The van der Waals surface area contributed by atoms with E-state index in [1.165, 1.54) is 19.9 Å². The van der Waals surface area contributed by atoms with E-state index in [4.69, 9.17) is 5.11 Å². The van der Waals surface area contributed by atoms with Gasteiger partial charge in [-0.15, -0.1) is 0 Å². The molecule has 0 saturated carbocycles. The molecule has 0 aromatic heterocycles. The van der Waals surface area contributed by atoms with E-state index in [-0.39, 0.29) is 11.3 Å². The van der Waals surface area contributed by atoms with E-state index in [9.17, 15) is 18.0 Å². The minimum absolute atomic E-state index is 0.0717. The van der Waals surface area contributed by atoms with Gasteiger partial charge in [0.25, 0.3) is 0 Å². The number of amides is 1. The van der Waals surface area contributed by atoms with E-state index in [2.05, 4.69) is 5.32 Å². The summed E-state index contributed by atoms with van der Waals surface area (Å²) >= 11 is 0. The van der Waals surface area contributed by atoms with E-state index in [0.717, 1.165) is 6.26 Å². The fraction of sp³-hybridized carbons (Fsp3) is 0.429. The summed E-state index contributed by atoms with van der Waals surface area (Å²) in [4.78, 5) is 23.3. The molecule has 0 fully saturated rings. The zero-order valence-electron chi connectivity index (χ0n) is 12.6. The Bertz CT molecular complexity index is 704. The highest BCUT2D eigenvalue weighted by molar-refractivity contribution is 7.92. The van der Waals surface area contributed by atoms with Crippen LogP contribution in [-0.2, 0) is 14.6 Å². The van der Waals surface area contributed by atoms with Crippen LogP contribution in [0.15, 0.2) is 12.1 Å². The molecule has 0 unspecified atom stereocenters. The SMILES string of the molecule is Cc1cc(NC(=O)C(C)(C)S(C)(=O)=O)cc(C(=O)O)c1C. The average molecular weight is 313 g/mol. The highest BCUT2D eigenvalue weighted by Gasteiger charge is 2.38. The van der Waals surface area contributed by atoms with Gasteiger partial charge < -0.3 is 10.4 Å². The zero-order valence-corrected chi connectivity index (χ0v) is 13.5. The van der Waals surface area contributed by atoms with Crippen LogP contribution in [0.25, 0.3) is 0 Å². The number of carboxylic acid groups (broad SMARTS) is 1. The van der Waals surface area contributed by atoms with Crippen molar-refractivity contribution < 1.29 is 23.1 Å². The number of carbonyl (C=O) groups is 2. The number of aromatic carboxylic acids is 1. The maximum atomic E-state index is 12.1. The first kappa shape index (κ1) is 17.2. The second kappa shape index (κ2) is 5.48. The average Bonchev–Trinajstić information content (AvgIpc) is 2.31. The third kappa shape index (κ3) is 3.41. The van der Waals surface area contributed by atoms with Crippen molar-refractivity contribution in [2.45, 2.75) is 32.4 Å². The van der Waals surface area contributed by atoms with Crippen molar-refractivity contribution >= 4 is 27.4 Å². The van der Waals surface area contributed by atoms with Gasteiger partial charge in [0.15, 0.2) is 9.84 Å². The highest BCUT2D eigenvalue weighted by Crippen LogP contribution is 2.23. The Morgan fingerprint density at radius 3 is 2.14 bits per heavy atom. The Kier molecular flexibility index (Phi) is 4.48. The number of benzene rings is 1. The van der Waals surface area contributed by atoms with E-state index in [1.54, 1.807) is 19.9 Å². The number of rotatable bonds is 4. The second-order valence-electron chi connectivity index (χ2n) is 5.51. The van der Waals surface area contributed by atoms with Crippen LogP contribution in [0.2, 0.25) is 0 Å². The minimum Gasteiger partial charge on any atom is -0.478 e. The molecule has 0 radical (unpaired) electrons. The molecule has 0 bridgehead atoms. The number of hydrogen-bond acceptors (Lipinski definition) is 4. The summed E-state index contributed by atoms with van der Waals surface area (Å²) in [5, 5.41) is 11.6. The Hall–Kier alpha value is -1.89. The lowest BCUT2D eigenvalue weighted by atomic mass is 10.0. The second-order valence-corrected chi connectivity index (χ2v) is 8.07. The molecule has 21 heavy (non-hydrogen) atoms. The first-order valence-electron chi connectivity index (χ1n) is 6.23. The van der Waals surface area contributed by atoms with E-state index in [1.807, 2.05) is 0 Å². The predicted octanol–water partition coefficient (Wildman–Crippen LogP) is 1.76. The Morgan fingerprint density at radius 2 is 1.71 bits per heavy atom. The molecule has 0 aliphatic heterocycles. The molecule has 1 aromatic carbocycles. The summed E-state index contributed by atoms with van der Waals surface area (Å²) in [5.74, 6) is -1.81. The lowest BCUT2D eigenvalue weighted by molar-refractivity contribution is -0.117. The van der Waals surface area contributed by atoms with Crippen molar-refractivity contribution in [3.05, 3.63) is 28.8 Å². The molecular weight excluding hydrogens is 294 g/mol. The Balaban J connectivity index is 3.21. The molecule has 116 valence electrons. The summed E-state index contributed by atoms with van der Waals surface area (Å²) in [6.45, 7) is 6.00. The topological polar surface area (TPSA) is 101 Å². The molecule has 1 rings (SSSR count). The van der Waals surface area contributed by atoms with Crippen LogP contribution in [0.4, 0.5) is 5.69 Å². The summed E-state index contributed by atoms with van der Waals surface area (Å²) in [6.07, 6.45) is 0.982. The quantitative estimate of drug-likeness (QED) is 0.882. The monoisotopic (exact) mass is 313 g/mol.